The Bertz CT molecular complexity index is 666. The molecule has 0 saturated carbocycles. The fourth-order valence-electron chi connectivity index (χ4n) is 2.21. The quantitative estimate of drug-likeness (QED) is 0.439. The van der Waals surface area contributed by atoms with Gasteiger partial charge in [0, 0.05) is 6.07 Å². The lowest BCUT2D eigenvalue weighted by atomic mass is 10.1. The summed E-state index contributed by atoms with van der Waals surface area (Å²) in [6.07, 6.45) is -5.61. The Kier molecular flexibility index (Phi) is 4.76. The zero-order chi connectivity index (χ0) is 16.4. The van der Waals surface area contributed by atoms with E-state index < -0.39 is 54.1 Å². The van der Waals surface area contributed by atoms with E-state index >= 15 is 0 Å². The minimum absolute atomic E-state index is 0.00971. The summed E-state index contributed by atoms with van der Waals surface area (Å²) in [7, 11) is 0. The number of aliphatic hydroxyl groups excluding tert-OH is 3. The van der Waals surface area contributed by atoms with E-state index in [-0.39, 0.29) is 6.61 Å². The van der Waals surface area contributed by atoms with Crippen molar-refractivity contribution in [3.8, 4) is 0 Å². The first-order chi connectivity index (χ1) is 10.4. The molecule has 0 aliphatic carbocycles. The fourth-order valence-corrected chi connectivity index (χ4v) is 2.21. The second kappa shape index (κ2) is 6.40. The van der Waals surface area contributed by atoms with E-state index in [0.29, 0.717) is 4.57 Å². The Hall–Kier alpha value is -2.01. The normalized spacial score (nSPS) is 27.8. The van der Waals surface area contributed by atoms with Crippen molar-refractivity contribution in [1.82, 2.24) is 9.55 Å². The van der Waals surface area contributed by atoms with Crippen molar-refractivity contribution in [3.05, 3.63) is 32.6 Å². The molecule has 10 nitrogen and oxygen atoms in total. The predicted molar refractivity (Wildman–Crippen MR) is 70.3 cm³/mol. The van der Waals surface area contributed by atoms with E-state index in [2.05, 4.69) is 0 Å². The van der Waals surface area contributed by atoms with E-state index in [1.807, 2.05) is 4.98 Å². The van der Waals surface area contributed by atoms with Crippen LogP contribution in [0.3, 0.4) is 0 Å². The van der Waals surface area contributed by atoms with Crippen LogP contribution in [-0.4, -0.2) is 62.4 Å². The van der Waals surface area contributed by atoms with Gasteiger partial charge < -0.3 is 24.8 Å². The average molecular weight is 316 g/mol. The summed E-state index contributed by atoms with van der Waals surface area (Å²) < 4.78 is 10.6. The second-order valence-corrected chi connectivity index (χ2v) is 4.64. The molecule has 4 N–H and O–H groups in total. The Morgan fingerprint density at radius 3 is 2.64 bits per heavy atom. The number of aromatic nitrogens is 2. The molecule has 1 fully saturated rings. The van der Waals surface area contributed by atoms with Crippen molar-refractivity contribution >= 4 is 5.97 Å². The average Bonchev–Trinajstić information content (AvgIpc) is 2.74. The molecular weight excluding hydrogens is 300 g/mol. The number of nitrogens with zero attached hydrogens (tertiary/aromatic N) is 1. The van der Waals surface area contributed by atoms with E-state index in [1.165, 1.54) is 0 Å². The Morgan fingerprint density at radius 2 is 2.09 bits per heavy atom. The summed E-state index contributed by atoms with van der Waals surface area (Å²) in [5, 5.41) is 28.7. The smallest absolute Gasteiger partial charge is 0.355 e. The first kappa shape index (κ1) is 16.4. The molecule has 0 radical (unpaired) electrons. The van der Waals surface area contributed by atoms with Crippen molar-refractivity contribution in [1.29, 1.82) is 0 Å². The number of carbonyl (C=O) groups excluding carboxylic acids is 1. The van der Waals surface area contributed by atoms with E-state index in [4.69, 9.17) is 14.6 Å². The molecule has 1 saturated heterocycles. The monoisotopic (exact) mass is 316 g/mol. The zero-order valence-electron chi connectivity index (χ0n) is 11.6. The summed E-state index contributed by atoms with van der Waals surface area (Å²) in [6.45, 7) is 0.956. The van der Waals surface area contributed by atoms with Crippen LogP contribution in [0.1, 0.15) is 23.6 Å². The molecule has 1 aliphatic rings. The van der Waals surface area contributed by atoms with Crippen LogP contribution in [0.5, 0.6) is 0 Å². The summed E-state index contributed by atoms with van der Waals surface area (Å²) in [5.74, 6) is -0.955. The number of ether oxygens (including phenoxy) is 2. The molecule has 4 atom stereocenters. The number of hydrogen-bond acceptors (Lipinski definition) is 8. The second-order valence-electron chi connectivity index (χ2n) is 4.64. The molecule has 2 heterocycles. The summed E-state index contributed by atoms with van der Waals surface area (Å²) in [4.78, 5) is 37.2. The number of nitrogens with one attached hydrogen (secondary N) is 1. The number of aliphatic hydroxyl groups is 3. The number of carbonyl (C=O) groups is 1. The molecule has 2 rings (SSSR count). The lowest BCUT2D eigenvalue weighted by molar-refractivity contribution is -0.0565. The van der Waals surface area contributed by atoms with Crippen LogP contribution in [-0.2, 0) is 9.47 Å². The first-order valence-corrected chi connectivity index (χ1v) is 6.56. The van der Waals surface area contributed by atoms with Gasteiger partial charge in [0.25, 0.3) is 5.56 Å². The van der Waals surface area contributed by atoms with Gasteiger partial charge >= 0.3 is 11.7 Å². The van der Waals surface area contributed by atoms with E-state index in [0.717, 1.165) is 6.07 Å². The van der Waals surface area contributed by atoms with Crippen LogP contribution in [0, 0.1) is 0 Å². The fraction of sp³-hybridized carbons (Fsp3) is 0.583. The van der Waals surface area contributed by atoms with Gasteiger partial charge in [-0.3, -0.25) is 14.3 Å². The number of esters is 1. The number of hydrogen-bond donors (Lipinski definition) is 4. The van der Waals surface area contributed by atoms with Gasteiger partial charge in [0.15, 0.2) is 6.23 Å². The van der Waals surface area contributed by atoms with Gasteiger partial charge in [-0.2, -0.15) is 0 Å². The van der Waals surface area contributed by atoms with Gasteiger partial charge in [-0.05, 0) is 6.92 Å². The standard InChI is InChI=1S/C12H16N2O8/c1-2-21-11(19)5-3-7(16)13-12(20)14(5)10-9(18)8(17)6(4-15)22-10/h3,6,8-10,15,17-18H,2,4H2,1H3,(H,13,16,20)/t6-,8+,9+,10-/m1/s1. The molecule has 1 aromatic heterocycles. The maximum Gasteiger partial charge on any atom is 0.355 e. The van der Waals surface area contributed by atoms with Crippen molar-refractivity contribution in [2.75, 3.05) is 13.2 Å². The van der Waals surface area contributed by atoms with Gasteiger partial charge in [-0.15, -0.1) is 0 Å². The third-order valence-electron chi connectivity index (χ3n) is 3.23. The largest absolute Gasteiger partial charge is 0.461 e. The molecule has 0 amide bonds. The van der Waals surface area contributed by atoms with Crippen molar-refractivity contribution in [2.45, 2.75) is 31.5 Å². The van der Waals surface area contributed by atoms with Gasteiger partial charge in [0.2, 0.25) is 0 Å². The van der Waals surface area contributed by atoms with Crippen LogP contribution in [0.25, 0.3) is 0 Å². The van der Waals surface area contributed by atoms with Crippen LogP contribution in [0.2, 0.25) is 0 Å². The Labute approximate surface area is 123 Å². The summed E-state index contributed by atoms with van der Waals surface area (Å²) in [6, 6.07) is 0.828. The minimum Gasteiger partial charge on any atom is -0.461 e. The SMILES string of the molecule is CCOC(=O)c1cc(=O)[nH]c(=O)n1[C@@H]1O[C@H](CO)[C@H](O)[C@@H]1O. The van der Waals surface area contributed by atoms with Gasteiger partial charge in [0.05, 0.1) is 13.2 Å². The molecule has 0 unspecified atom stereocenters. The van der Waals surface area contributed by atoms with Crippen LogP contribution < -0.4 is 11.2 Å². The van der Waals surface area contributed by atoms with Gasteiger partial charge in [0.1, 0.15) is 24.0 Å². The molecule has 1 aromatic rings. The highest BCUT2D eigenvalue weighted by Crippen LogP contribution is 2.28. The van der Waals surface area contributed by atoms with Gasteiger partial charge in [-0.1, -0.05) is 0 Å². The lowest BCUT2D eigenvalue weighted by Gasteiger charge is -2.19. The minimum atomic E-state index is -1.58. The molecule has 122 valence electrons. The summed E-state index contributed by atoms with van der Waals surface area (Å²) >= 11 is 0. The molecule has 0 aromatic carbocycles. The van der Waals surface area contributed by atoms with Crippen molar-refractivity contribution in [3.63, 3.8) is 0 Å². The highest BCUT2D eigenvalue weighted by atomic mass is 16.6. The Balaban J connectivity index is 2.53. The highest BCUT2D eigenvalue weighted by Gasteiger charge is 2.45. The number of aromatic amines is 1. The lowest BCUT2D eigenvalue weighted by Crippen LogP contribution is -2.41. The first-order valence-electron chi connectivity index (χ1n) is 6.56. The van der Waals surface area contributed by atoms with Gasteiger partial charge in [-0.25, -0.2) is 9.59 Å². The molecule has 10 heteroatoms. The molecular formula is C12H16N2O8. The van der Waals surface area contributed by atoms with E-state index in [1.54, 1.807) is 6.92 Å². The molecule has 22 heavy (non-hydrogen) atoms. The third kappa shape index (κ3) is 2.81. The number of H-pyrrole nitrogens is 1. The van der Waals surface area contributed by atoms with Crippen molar-refractivity contribution in [2.24, 2.45) is 0 Å². The van der Waals surface area contributed by atoms with Crippen LogP contribution in [0.15, 0.2) is 15.7 Å². The number of rotatable bonds is 4. The highest BCUT2D eigenvalue weighted by molar-refractivity contribution is 5.87. The molecule has 1 aliphatic heterocycles. The van der Waals surface area contributed by atoms with Crippen molar-refractivity contribution < 1.29 is 29.6 Å². The molecule has 0 bridgehead atoms. The maximum absolute atomic E-state index is 12.0. The summed E-state index contributed by atoms with van der Waals surface area (Å²) in [5.41, 5.74) is -2.26. The van der Waals surface area contributed by atoms with Crippen LogP contribution >= 0.6 is 0 Å². The topological polar surface area (TPSA) is 151 Å². The van der Waals surface area contributed by atoms with Crippen LogP contribution in [0.4, 0.5) is 0 Å². The predicted octanol–water partition coefficient (Wildman–Crippen LogP) is -2.68. The zero-order valence-corrected chi connectivity index (χ0v) is 11.6. The third-order valence-corrected chi connectivity index (χ3v) is 3.23. The van der Waals surface area contributed by atoms with E-state index in [9.17, 15) is 24.6 Å². The Morgan fingerprint density at radius 1 is 1.41 bits per heavy atom. The maximum atomic E-state index is 12.0. The molecule has 0 spiro atoms.